The third-order valence-electron chi connectivity index (χ3n) is 4.27. The summed E-state index contributed by atoms with van der Waals surface area (Å²) in [5.41, 5.74) is 8.71. The molecule has 0 bridgehead atoms. The fourth-order valence-corrected chi connectivity index (χ4v) is 2.39. The third kappa shape index (κ3) is 3.57. The average molecular weight is 262 g/mol. The quantitative estimate of drug-likeness (QED) is 0.828. The number of nitrogens with one attached hydrogen (secondary N) is 1. The zero-order valence-corrected chi connectivity index (χ0v) is 12.5. The maximum atomic E-state index is 12.3. The molecule has 0 radical (unpaired) electrons. The van der Waals surface area contributed by atoms with Gasteiger partial charge in [0.25, 0.3) is 5.91 Å². The van der Waals surface area contributed by atoms with E-state index in [0.29, 0.717) is 13.1 Å². The molecule has 0 fully saturated rings. The standard InChI is InChI=1S/C16H26N2O/c1-5-16(6-2,10-17)11-18-15(19)14-12(3)8-7-9-13(14)4/h7-9H,5-6,10-11,17H2,1-4H3,(H,18,19). The lowest BCUT2D eigenvalue weighted by Crippen LogP contribution is -2.42. The Morgan fingerprint density at radius 3 is 2.16 bits per heavy atom. The molecule has 3 heteroatoms. The van der Waals surface area contributed by atoms with Crippen molar-refractivity contribution in [1.29, 1.82) is 0 Å². The monoisotopic (exact) mass is 262 g/mol. The number of hydrogen-bond donors (Lipinski definition) is 2. The lowest BCUT2D eigenvalue weighted by molar-refractivity contribution is 0.0927. The molecule has 1 rings (SSSR count). The number of nitrogens with two attached hydrogens (primary N) is 1. The van der Waals surface area contributed by atoms with Crippen LogP contribution in [0.2, 0.25) is 0 Å². The van der Waals surface area contributed by atoms with Crippen LogP contribution in [0.1, 0.15) is 48.2 Å². The van der Waals surface area contributed by atoms with Gasteiger partial charge in [-0.25, -0.2) is 0 Å². The molecular weight excluding hydrogens is 236 g/mol. The number of carbonyl (C=O) groups is 1. The second-order valence-corrected chi connectivity index (χ2v) is 5.36. The van der Waals surface area contributed by atoms with E-state index < -0.39 is 0 Å². The van der Waals surface area contributed by atoms with Gasteiger partial charge >= 0.3 is 0 Å². The molecule has 0 spiro atoms. The maximum absolute atomic E-state index is 12.3. The van der Waals surface area contributed by atoms with Gasteiger partial charge < -0.3 is 11.1 Å². The number of rotatable bonds is 6. The first-order valence-electron chi connectivity index (χ1n) is 7.04. The summed E-state index contributed by atoms with van der Waals surface area (Å²) in [6, 6.07) is 5.92. The lowest BCUT2D eigenvalue weighted by Gasteiger charge is -2.30. The summed E-state index contributed by atoms with van der Waals surface area (Å²) in [6.07, 6.45) is 1.96. The predicted molar refractivity (Wildman–Crippen MR) is 80.3 cm³/mol. The summed E-state index contributed by atoms with van der Waals surface area (Å²) < 4.78 is 0. The Morgan fingerprint density at radius 2 is 1.74 bits per heavy atom. The Hall–Kier alpha value is -1.35. The summed E-state index contributed by atoms with van der Waals surface area (Å²) in [4.78, 5) is 12.3. The first kappa shape index (κ1) is 15.7. The van der Waals surface area contributed by atoms with Crippen LogP contribution in [-0.4, -0.2) is 19.0 Å². The molecule has 0 aliphatic rings. The molecule has 0 heterocycles. The molecule has 106 valence electrons. The second-order valence-electron chi connectivity index (χ2n) is 5.36. The molecule has 0 unspecified atom stereocenters. The van der Waals surface area contributed by atoms with E-state index in [-0.39, 0.29) is 11.3 Å². The molecule has 0 aliphatic heterocycles. The van der Waals surface area contributed by atoms with Crippen molar-refractivity contribution < 1.29 is 4.79 Å². The van der Waals surface area contributed by atoms with Crippen LogP contribution < -0.4 is 11.1 Å². The Labute approximate surface area is 116 Å². The number of aryl methyl sites for hydroxylation is 2. The van der Waals surface area contributed by atoms with Crippen molar-refractivity contribution in [2.75, 3.05) is 13.1 Å². The third-order valence-corrected chi connectivity index (χ3v) is 4.27. The van der Waals surface area contributed by atoms with E-state index in [1.165, 1.54) is 0 Å². The van der Waals surface area contributed by atoms with Gasteiger partial charge in [-0.15, -0.1) is 0 Å². The Morgan fingerprint density at radius 1 is 1.21 bits per heavy atom. The van der Waals surface area contributed by atoms with Gasteiger partial charge in [-0.1, -0.05) is 32.0 Å². The normalized spacial score (nSPS) is 11.4. The van der Waals surface area contributed by atoms with Gasteiger partial charge in [0.2, 0.25) is 0 Å². The topological polar surface area (TPSA) is 55.1 Å². The van der Waals surface area contributed by atoms with Crippen LogP contribution in [0.5, 0.6) is 0 Å². The predicted octanol–water partition coefficient (Wildman–Crippen LogP) is 2.80. The minimum Gasteiger partial charge on any atom is -0.351 e. The largest absolute Gasteiger partial charge is 0.351 e. The van der Waals surface area contributed by atoms with Gasteiger partial charge in [0.1, 0.15) is 0 Å². The molecular formula is C16H26N2O. The minimum absolute atomic E-state index is 0.00956. The highest BCUT2D eigenvalue weighted by Gasteiger charge is 2.25. The SMILES string of the molecule is CCC(CC)(CN)CNC(=O)c1c(C)cccc1C. The summed E-state index contributed by atoms with van der Waals surface area (Å²) in [5.74, 6) is 0.00956. The van der Waals surface area contributed by atoms with Crippen LogP contribution in [0.4, 0.5) is 0 Å². The van der Waals surface area contributed by atoms with Crippen LogP contribution in [0, 0.1) is 19.3 Å². The van der Waals surface area contributed by atoms with E-state index in [1.807, 2.05) is 32.0 Å². The molecule has 3 N–H and O–H groups in total. The van der Waals surface area contributed by atoms with Gasteiger partial charge in [-0.3, -0.25) is 4.79 Å². The van der Waals surface area contributed by atoms with Crippen molar-refractivity contribution in [1.82, 2.24) is 5.32 Å². The molecule has 0 saturated heterocycles. The molecule has 0 aliphatic carbocycles. The fraction of sp³-hybridized carbons (Fsp3) is 0.562. The molecule has 0 saturated carbocycles. The molecule has 3 nitrogen and oxygen atoms in total. The van der Waals surface area contributed by atoms with Crippen LogP contribution in [0.25, 0.3) is 0 Å². The van der Waals surface area contributed by atoms with E-state index >= 15 is 0 Å². The minimum atomic E-state index is 0.00956. The van der Waals surface area contributed by atoms with Crippen LogP contribution in [0.15, 0.2) is 18.2 Å². The van der Waals surface area contributed by atoms with Crippen LogP contribution in [0.3, 0.4) is 0 Å². The van der Waals surface area contributed by atoms with Crippen molar-refractivity contribution in [3.63, 3.8) is 0 Å². The van der Waals surface area contributed by atoms with Gasteiger partial charge in [0.05, 0.1) is 0 Å². The molecule has 19 heavy (non-hydrogen) atoms. The highest BCUT2D eigenvalue weighted by molar-refractivity contribution is 5.97. The molecule has 1 aromatic rings. The maximum Gasteiger partial charge on any atom is 0.251 e. The molecule has 0 aromatic heterocycles. The van der Waals surface area contributed by atoms with Gasteiger partial charge in [0.15, 0.2) is 0 Å². The summed E-state index contributed by atoms with van der Waals surface area (Å²) in [5, 5.41) is 3.06. The lowest BCUT2D eigenvalue weighted by atomic mass is 9.82. The van der Waals surface area contributed by atoms with Crippen molar-refractivity contribution in [2.24, 2.45) is 11.1 Å². The van der Waals surface area contributed by atoms with Gasteiger partial charge in [-0.2, -0.15) is 0 Å². The highest BCUT2D eigenvalue weighted by Crippen LogP contribution is 2.24. The number of carbonyl (C=O) groups excluding carboxylic acids is 1. The summed E-state index contributed by atoms with van der Waals surface area (Å²) in [6.45, 7) is 9.44. The van der Waals surface area contributed by atoms with E-state index in [9.17, 15) is 4.79 Å². The Kier molecular flexibility index (Phi) is 5.55. The van der Waals surface area contributed by atoms with Crippen molar-refractivity contribution in [3.8, 4) is 0 Å². The first-order valence-corrected chi connectivity index (χ1v) is 7.04. The number of hydrogen-bond acceptors (Lipinski definition) is 2. The van der Waals surface area contributed by atoms with Crippen LogP contribution >= 0.6 is 0 Å². The fourth-order valence-electron chi connectivity index (χ4n) is 2.39. The van der Waals surface area contributed by atoms with E-state index in [0.717, 1.165) is 29.5 Å². The van der Waals surface area contributed by atoms with Gasteiger partial charge in [0, 0.05) is 12.1 Å². The Bertz CT molecular complexity index is 408. The zero-order valence-electron chi connectivity index (χ0n) is 12.5. The van der Waals surface area contributed by atoms with Gasteiger partial charge in [-0.05, 0) is 49.8 Å². The smallest absolute Gasteiger partial charge is 0.251 e. The Balaban J connectivity index is 2.81. The van der Waals surface area contributed by atoms with E-state index in [2.05, 4.69) is 19.2 Å². The molecule has 0 atom stereocenters. The second kappa shape index (κ2) is 6.71. The number of benzene rings is 1. The van der Waals surface area contributed by atoms with E-state index in [4.69, 9.17) is 5.73 Å². The molecule has 1 aromatic carbocycles. The van der Waals surface area contributed by atoms with Crippen molar-refractivity contribution in [3.05, 3.63) is 34.9 Å². The average Bonchev–Trinajstić information content (AvgIpc) is 2.41. The van der Waals surface area contributed by atoms with Crippen molar-refractivity contribution >= 4 is 5.91 Å². The molecule has 1 amide bonds. The summed E-state index contributed by atoms with van der Waals surface area (Å²) >= 11 is 0. The van der Waals surface area contributed by atoms with Crippen molar-refractivity contribution in [2.45, 2.75) is 40.5 Å². The summed E-state index contributed by atoms with van der Waals surface area (Å²) in [7, 11) is 0. The highest BCUT2D eigenvalue weighted by atomic mass is 16.1. The van der Waals surface area contributed by atoms with Crippen LogP contribution in [-0.2, 0) is 0 Å². The zero-order chi connectivity index (χ0) is 14.5. The van der Waals surface area contributed by atoms with E-state index in [1.54, 1.807) is 0 Å². The number of amides is 1. The first-order chi connectivity index (χ1) is 8.99.